The van der Waals surface area contributed by atoms with Crippen LogP contribution >= 0.6 is 0 Å². The maximum Gasteiger partial charge on any atom is 0.410 e. The maximum atomic E-state index is 13.3. The maximum absolute atomic E-state index is 13.3. The van der Waals surface area contributed by atoms with Crippen LogP contribution in [-0.2, 0) is 32.2 Å². The number of carbonyl (C=O) groups excluding carboxylic acids is 3. The summed E-state index contributed by atoms with van der Waals surface area (Å²) in [5.41, 5.74) is 1.71. The van der Waals surface area contributed by atoms with Crippen molar-refractivity contribution in [2.75, 3.05) is 13.7 Å². The molecule has 1 fully saturated rings. The lowest BCUT2D eigenvalue weighted by Crippen LogP contribution is -2.57. The van der Waals surface area contributed by atoms with E-state index in [1.54, 1.807) is 4.90 Å². The number of hydrogen-bond acceptors (Lipinski definition) is 6. The Balaban J connectivity index is 1.92. The molecule has 194 valence electrons. The molecule has 2 atom stereocenters. The van der Waals surface area contributed by atoms with E-state index in [1.165, 1.54) is 18.2 Å². The molecule has 0 saturated carbocycles. The Labute approximate surface area is 214 Å². The van der Waals surface area contributed by atoms with Crippen molar-refractivity contribution in [3.05, 3.63) is 71.8 Å². The van der Waals surface area contributed by atoms with Crippen LogP contribution in [-0.4, -0.2) is 59.0 Å². The zero-order valence-corrected chi connectivity index (χ0v) is 21.8. The fraction of sp³-hybridized carbons (Fsp3) is 0.483. The average Bonchev–Trinajstić information content (AvgIpc) is 2.86. The van der Waals surface area contributed by atoms with E-state index >= 15 is 0 Å². The lowest BCUT2D eigenvalue weighted by molar-refractivity contribution is -0.151. The molecular weight excluding hydrogens is 456 g/mol. The number of Topliss-reactive ketones (excluding diaryl/α,β-unsaturated/α-hetero) is 1. The number of ether oxygens (including phenoxy) is 2. The molecule has 1 amide bonds. The van der Waals surface area contributed by atoms with E-state index in [0.29, 0.717) is 26.1 Å². The standard InChI is InChI=1S/C29H38N2O5/c1-29(2,3)36-28(34)31-19-11-16-24(25(31)17-18-26(32)27(33)35-4)30(20-22-12-7-5-8-13-22)21-23-14-9-6-10-15-23/h5-10,12-15,24-25H,11,16-21H2,1-4H3/t24-,25-/m0/s1. The lowest BCUT2D eigenvalue weighted by Gasteiger charge is -2.46. The van der Waals surface area contributed by atoms with E-state index in [0.717, 1.165) is 12.8 Å². The second-order valence-electron chi connectivity index (χ2n) is 10.3. The molecule has 0 radical (unpaired) electrons. The Kier molecular flexibility index (Phi) is 9.65. The quantitative estimate of drug-likeness (QED) is 0.362. The number of hydrogen-bond donors (Lipinski definition) is 0. The van der Waals surface area contributed by atoms with Gasteiger partial charge in [-0.3, -0.25) is 9.69 Å². The highest BCUT2D eigenvalue weighted by atomic mass is 16.6. The molecule has 2 aromatic carbocycles. The van der Waals surface area contributed by atoms with Gasteiger partial charge in [0.15, 0.2) is 0 Å². The molecule has 0 unspecified atom stereocenters. The third kappa shape index (κ3) is 7.92. The number of nitrogens with zero attached hydrogens (tertiary/aromatic N) is 2. The highest BCUT2D eigenvalue weighted by Crippen LogP contribution is 2.30. The Bertz CT molecular complexity index is 962. The normalized spacial score (nSPS) is 18.1. The van der Waals surface area contributed by atoms with Crippen LogP contribution in [0.15, 0.2) is 60.7 Å². The molecule has 1 heterocycles. The number of rotatable bonds is 9. The first-order valence-electron chi connectivity index (χ1n) is 12.6. The number of likely N-dealkylation sites (tertiary alicyclic amines) is 1. The monoisotopic (exact) mass is 494 g/mol. The zero-order chi connectivity index (χ0) is 26.1. The van der Waals surface area contributed by atoms with E-state index in [4.69, 9.17) is 4.74 Å². The summed E-state index contributed by atoms with van der Waals surface area (Å²) >= 11 is 0. The molecule has 0 aliphatic carbocycles. The summed E-state index contributed by atoms with van der Waals surface area (Å²) in [5.74, 6) is -1.43. The third-order valence-electron chi connectivity index (χ3n) is 6.38. The van der Waals surface area contributed by atoms with E-state index in [9.17, 15) is 14.4 Å². The summed E-state index contributed by atoms with van der Waals surface area (Å²) in [6.07, 6.45) is 1.68. The first-order chi connectivity index (χ1) is 17.2. The summed E-state index contributed by atoms with van der Waals surface area (Å²) < 4.78 is 10.4. The van der Waals surface area contributed by atoms with Crippen molar-refractivity contribution in [2.24, 2.45) is 0 Å². The number of benzene rings is 2. The van der Waals surface area contributed by atoms with Crippen molar-refractivity contribution in [2.45, 2.75) is 77.2 Å². The Morgan fingerprint density at radius 3 is 2.00 bits per heavy atom. The lowest BCUT2D eigenvalue weighted by atomic mass is 9.90. The minimum absolute atomic E-state index is 0.0116. The van der Waals surface area contributed by atoms with E-state index in [1.807, 2.05) is 57.2 Å². The summed E-state index contributed by atoms with van der Waals surface area (Å²) in [6.45, 7) is 7.48. The highest BCUT2D eigenvalue weighted by molar-refractivity contribution is 6.33. The van der Waals surface area contributed by atoms with E-state index in [-0.39, 0.29) is 24.6 Å². The van der Waals surface area contributed by atoms with Gasteiger partial charge in [-0.25, -0.2) is 9.59 Å². The van der Waals surface area contributed by atoms with Crippen LogP contribution in [0, 0.1) is 0 Å². The van der Waals surface area contributed by atoms with Gasteiger partial charge in [-0.05, 0) is 51.2 Å². The summed E-state index contributed by atoms with van der Waals surface area (Å²) in [4.78, 5) is 41.5. The van der Waals surface area contributed by atoms with E-state index in [2.05, 4.69) is 33.9 Å². The minimum atomic E-state index is -0.850. The average molecular weight is 495 g/mol. The highest BCUT2D eigenvalue weighted by Gasteiger charge is 2.39. The molecule has 36 heavy (non-hydrogen) atoms. The molecule has 1 aliphatic heterocycles. The van der Waals surface area contributed by atoms with Crippen molar-refractivity contribution in [1.29, 1.82) is 0 Å². The zero-order valence-electron chi connectivity index (χ0n) is 21.8. The molecule has 2 aromatic rings. The SMILES string of the molecule is COC(=O)C(=O)CC[C@H]1[C@@H](N(Cc2ccccc2)Cc2ccccc2)CCCN1C(=O)OC(C)(C)C. The summed E-state index contributed by atoms with van der Waals surface area (Å²) in [7, 11) is 1.21. The fourth-order valence-corrected chi connectivity index (χ4v) is 4.78. The van der Waals surface area contributed by atoms with Crippen molar-refractivity contribution in [1.82, 2.24) is 9.80 Å². The van der Waals surface area contributed by atoms with Crippen LogP contribution in [0.25, 0.3) is 0 Å². The molecule has 0 bridgehead atoms. The van der Waals surface area contributed by atoms with Gasteiger partial charge in [0.25, 0.3) is 0 Å². The molecule has 3 rings (SSSR count). The first kappa shape index (κ1) is 27.4. The molecule has 0 N–H and O–H groups in total. The number of ketones is 1. The van der Waals surface area contributed by atoms with Gasteiger partial charge in [0.2, 0.25) is 5.78 Å². The predicted molar refractivity (Wildman–Crippen MR) is 138 cm³/mol. The summed E-state index contributed by atoms with van der Waals surface area (Å²) in [6, 6.07) is 20.2. The van der Waals surface area contributed by atoms with Crippen molar-refractivity contribution in [3.63, 3.8) is 0 Å². The van der Waals surface area contributed by atoms with Crippen LogP contribution in [0.5, 0.6) is 0 Å². The number of carbonyl (C=O) groups is 3. The second-order valence-corrected chi connectivity index (χ2v) is 10.3. The second kappa shape index (κ2) is 12.7. The van der Waals surface area contributed by atoms with Crippen molar-refractivity contribution in [3.8, 4) is 0 Å². The Morgan fingerprint density at radius 2 is 1.50 bits per heavy atom. The van der Waals surface area contributed by atoms with Gasteiger partial charge < -0.3 is 14.4 Å². The molecule has 0 spiro atoms. The van der Waals surface area contributed by atoms with Gasteiger partial charge in [0, 0.05) is 32.1 Å². The molecule has 1 saturated heterocycles. The third-order valence-corrected chi connectivity index (χ3v) is 6.38. The predicted octanol–water partition coefficient (Wildman–Crippen LogP) is 4.98. The van der Waals surface area contributed by atoms with Crippen LogP contribution < -0.4 is 0 Å². The Hall–Kier alpha value is -3.19. The largest absolute Gasteiger partial charge is 0.463 e. The molecule has 1 aliphatic rings. The van der Waals surface area contributed by atoms with Gasteiger partial charge >= 0.3 is 12.1 Å². The first-order valence-corrected chi connectivity index (χ1v) is 12.6. The Morgan fingerprint density at radius 1 is 0.944 bits per heavy atom. The van der Waals surface area contributed by atoms with Gasteiger partial charge in [-0.1, -0.05) is 60.7 Å². The molecule has 7 heteroatoms. The molecule has 7 nitrogen and oxygen atoms in total. The number of piperidine rings is 1. The summed E-state index contributed by atoms with van der Waals surface area (Å²) in [5, 5.41) is 0. The van der Waals surface area contributed by atoms with Crippen molar-refractivity contribution < 1.29 is 23.9 Å². The van der Waals surface area contributed by atoms with Crippen molar-refractivity contribution >= 4 is 17.8 Å². The fourth-order valence-electron chi connectivity index (χ4n) is 4.78. The van der Waals surface area contributed by atoms with Gasteiger partial charge in [-0.15, -0.1) is 0 Å². The molecular formula is C29H38N2O5. The minimum Gasteiger partial charge on any atom is -0.463 e. The number of methoxy groups -OCH3 is 1. The molecule has 0 aromatic heterocycles. The van der Waals surface area contributed by atoms with Crippen LogP contribution in [0.2, 0.25) is 0 Å². The van der Waals surface area contributed by atoms with Crippen LogP contribution in [0.1, 0.15) is 57.6 Å². The topological polar surface area (TPSA) is 76.2 Å². The number of esters is 1. The van der Waals surface area contributed by atoms with Gasteiger partial charge in [-0.2, -0.15) is 0 Å². The smallest absolute Gasteiger partial charge is 0.410 e. The number of amides is 1. The van der Waals surface area contributed by atoms with Crippen LogP contribution in [0.4, 0.5) is 4.79 Å². The van der Waals surface area contributed by atoms with E-state index < -0.39 is 17.4 Å². The van der Waals surface area contributed by atoms with Crippen LogP contribution in [0.3, 0.4) is 0 Å². The van der Waals surface area contributed by atoms with Gasteiger partial charge in [0.1, 0.15) is 5.60 Å². The van der Waals surface area contributed by atoms with Gasteiger partial charge in [0.05, 0.1) is 13.2 Å².